The Morgan fingerprint density at radius 1 is 1.19 bits per heavy atom. The summed E-state index contributed by atoms with van der Waals surface area (Å²) in [4.78, 5) is 17.8. The topological polar surface area (TPSA) is 38.8 Å². The first kappa shape index (κ1) is 16.2. The minimum Gasteiger partial charge on any atom is -0.454 e. The van der Waals surface area contributed by atoms with Crippen molar-refractivity contribution in [1.29, 1.82) is 0 Å². The van der Waals surface area contributed by atoms with Gasteiger partial charge in [0.2, 0.25) is 6.79 Å². The van der Waals surface area contributed by atoms with Crippen molar-refractivity contribution in [2.45, 2.75) is 12.5 Å². The molecule has 1 atom stereocenters. The third-order valence-electron chi connectivity index (χ3n) is 4.71. The molecule has 4 nitrogen and oxygen atoms in total. The number of halogens is 1. The second-order valence-corrected chi connectivity index (χ2v) is 8.54. The van der Waals surface area contributed by atoms with Crippen LogP contribution in [0.2, 0.25) is 5.02 Å². The lowest BCUT2D eigenvalue weighted by atomic mass is 9.97. The monoisotopic (exact) mass is 403 g/mol. The highest BCUT2D eigenvalue weighted by Crippen LogP contribution is 2.43. The molecule has 1 amide bonds. The van der Waals surface area contributed by atoms with E-state index in [1.807, 2.05) is 11.0 Å². The van der Waals surface area contributed by atoms with Crippen LogP contribution in [0.5, 0.6) is 11.5 Å². The van der Waals surface area contributed by atoms with Gasteiger partial charge in [-0.15, -0.1) is 22.7 Å². The first-order chi connectivity index (χ1) is 12.7. The fraction of sp³-hybridized carbons (Fsp3) is 0.211. The minimum atomic E-state index is -0.0540. The SMILES string of the molecule is O=C(c1cc(Cl)c2c(c1)OCO2)N1CCc2sccc2[C@H]1c1cccs1. The first-order valence-corrected chi connectivity index (χ1v) is 10.4. The predicted molar refractivity (Wildman–Crippen MR) is 103 cm³/mol. The van der Waals surface area contributed by atoms with Crippen molar-refractivity contribution in [3.8, 4) is 11.5 Å². The lowest BCUT2D eigenvalue weighted by Gasteiger charge is -2.35. The molecular formula is C19H14ClNO3S2. The average molecular weight is 404 g/mol. The van der Waals surface area contributed by atoms with Crippen LogP contribution in [0.25, 0.3) is 0 Å². The molecule has 132 valence electrons. The summed E-state index contributed by atoms with van der Waals surface area (Å²) in [5.41, 5.74) is 1.75. The van der Waals surface area contributed by atoms with Gasteiger partial charge in [0.25, 0.3) is 5.91 Å². The van der Waals surface area contributed by atoms with E-state index in [1.54, 1.807) is 34.8 Å². The second-order valence-electron chi connectivity index (χ2n) is 6.16. The fourth-order valence-electron chi connectivity index (χ4n) is 3.55. The molecule has 0 fully saturated rings. The van der Waals surface area contributed by atoms with Gasteiger partial charge in [0.05, 0.1) is 11.1 Å². The number of nitrogens with zero attached hydrogens (tertiary/aromatic N) is 1. The van der Waals surface area contributed by atoms with Gasteiger partial charge in [0.15, 0.2) is 11.5 Å². The lowest BCUT2D eigenvalue weighted by molar-refractivity contribution is 0.0698. The highest BCUT2D eigenvalue weighted by molar-refractivity contribution is 7.10. The summed E-state index contributed by atoms with van der Waals surface area (Å²) in [7, 11) is 0. The number of rotatable bonds is 2. The number of carbonyl (C=O) groups excluding carboxylic acids is 1. The summed E-state index contributed by atoms with van der Waals surface area (Å²) >= 11 is 9.73. The molecular weight excluding hydrogens is 390 g/mol. The molecule has 26 heavy (non-hydrogen) atoms. The smallest absolute Gasteiger partial charge is 0.254 e. The average Bonchev–Trinajstić information content (AvgIpc) is 3.39. The molecule has 4 heterocycles. The number of ether oxygens (including phenoxy) is 2. The molecule has 0 spiro atoms. The predicted octanol–water partition coefficient (Wildman–Crippen LogP) is 4.98. The number of hydrogen-bond donors (Lipinski definition) is 0. The van der Waals surface area contributed by atoms with Gasteiger partial charge in [0.1, 0.15) is 0 Å². The number of benzene rings is 1. The van der Waals surface area contributed by atoms with E-state index in [2.05, 4.69) is 22.9 Å². The quantitative estimate of drug-likeness (QED) is 0.605. The molecule has 0 radical (unpaired) electrons. The van der Waals surface area contributed by atoms with Gasteiger partial charge < -0.3 is 14.4 Å². The summed E-state index contributed by atoms with van der Waals surface area (Å²) in [6.45, 7) is 0.813. The third kappa shape index (κ3) is 2.52. The molecule has 0 unspecified atom stereocenters. The largest absolute Gasteiger partial charge is 0.454 e. The molecule has 0 bridgehead atoms. The first-order valence-electron chi connectivity index (χ1n) is 8.22. The Bertz CT molecular complexity index is 983. The zero-order valence-corrected chi connectivity index (χ0v) is 16.0. The highest BCUT2D eigenvalue weighted by Gasteiger charge is 2.34. The zero-order chi connectivity index (χ0) is 17.7. The number of thiophene rings is 2. The lowest BCUT2D eigenvalue weighted by Crippen LogP contribution is -2.39. The Morgan fingerprint density at radius 3 is 2.96 bits per heavy atom. The second kappa shape index (κ2) is 6.30. The minimum absolute atomic E-state index is 0.0412. The molecule has 5 rings (SSSR count). The summed E-state index contributed by atoms with van der Waals surface area (Å²) < 4.78 is 10.8. The van der Waals surface area contributed by atoms with Crippen molar-refractivity contribution in [1.82, 2.24) is 4.90 Å². The van der Waals surface area contributed by atoms with E-state index in [1.165, 1.54) is 15.3 Å². The van der Waals surface area contributed by atoms with Crippen molar-refractivity contribution < 1.29 is 14.3 Å². The molecule has 0 aliphatic carbocycles. The molecule has 2 aromatic heterocycles. The molecule has 0 saturated carbocycles. The van der Waals surface area contributed by atoms with E-state index in [-0.39, 0.29) is 18.7 Å². The van der Waals surface area contributed by atoms with Gasteiger partial charge in [0, 0.05) is 21.9 Å². The van der Waals surface area contributed by atoms with Crippen molar-refractivity contribution in [2.75, 3.05) is 13.3 Å². The summed E-state index contributed by atoms with van der Waals surface area (Å²) in [6, 6.07) is 9.60. The Balaban J connectivity index is 1.56. The normalized spacial score (nSPS) is 18.0. The van der Waals surface area contributed by atoms with Crippen LogP contribution in [0.4, 0.5) is 0 Å². The number of amides is 1. The molecule has 0 N–H and O–H groups in total. The number of hydrogen-bond acceptors (Lipinski definition) is 5. The highest BCUT2D eigenvalue weighted by atomic mass is 35.5. The van der Waals surface area contributed by atoms with E-state index in [4.69, 9.17) is 21.1 Å². The van der Waals surface area contributed by atoms with Crippen LogP contribution < -0.4 is 9.47 Å². The van der Waals surface area contributed by atoms with Gasteiger partial charge in [-0.1, -0.05) is 17.7 Å². The van der Waals surface area contributed by atoms with Gasteiger partial charge in [-0.05, 0) is 47.0 Å². The van der Waals surface area contributed by atoms with Crippen LogP contribution in [0.1, 0.15) is 31.7 Å². The van der Waals surface area contributed by atoms with Gasteiger partial charge >= 0.3 is 0 Å². The van der Waals surface area contributed by atoms with Crippen LogP contribution >= 0.6 is 34.3 Å². The van der Waals surface area contributed by atoms with Crippen molar-refractivity contribution >= 4 is 40.2 Å². The number of fused-ring (bicyclic) bond motifs is 2. The summed E-state index contributed by atoms with van der Waals surface area (Å²) in [6.07, 6.45) is 0.874. The standard InChI is InChI=1S/C19H14ClNO3S2/c20-13-8-11(9-14-18(13)24-10-23-14)19(22)21-5-3-15-12(4-7-26-15)17(21)16-2-1-6-25-16/h1-2,4,6-9,17H,3,5,10H2/t17-/m0/s1. The Labute approximate surface area is 163 Å². The van der Waals surface area contributed by atoms with Crippen LogP contribution in [-0.2, 0) is 6.42 Å². The van der Waals surface area contributed by atoms with E-state index in [0.29, 0.717) is 28.6 Å². The number of carbonyl (C=O) groups is 1. The van der Waals surface area contributed by atoms with Crippen LogP contribution in [0.15, 0.2) is 41.1 Å². The van der Waals surface area contributed by atoms with Gasteiger partial charge in [-0.2, -0.15) is 0 Å². The van der Waals surface area contributed by atoms with Crippen molar-refractivity contribution in [3.05, 3.63) is 67.0 Å². The maximum atomic E-state index is 13.4. The van der Waals surface area contributed by atoms with Crippen LogP contribution in [0.3, 0.4) is 0 Å². The summed E-state index contributed by atoms with van der Waals surface area (Å²) in [5, 5.41) is 4.57. The third-order valence-corrected chi connectivity index (χ3v) is 6.92. The maximum absolute atomic E-state index is 13.4. The molecule has 3 aromatic rings. The van der Waals surface area contributed by atoms with Crippen molar-refractivity contribution in [2.24, 2.45) is 0 Å². The Morgan fingerprint density at radius 2 is 2.12 bits per heavy atom. The van der Waals surface area contributed by atoms with Gasteiger partial charge in [-0.3, -0.25) is 4.79 Å². The van der Waals surface area contributed by atoms with E-state index in [0.717, 1.165) is 6.42 Å². The van der Waals surface area contributed by atoms with E-state index < -0.39 is 0 Å². The van der Waals surface area contributed by atoms with Gasteiger partial charge in [-0.25, -0.2) is 0 Å². The van der Waals surface area contributed by atoms with Crippen LogP contribution in [0, 0.1) is 0 Å². The zero-order valence-electron chi connectivity index (χ0n) is 13.6. The molecule has 1 aromatic carbocycles. The maximum Gasteiger partial charge on any atom is 0.254 e. The summed E-state index contributed by atoms with van der Waals surface area (Å²) in [5.74, 6) is 0.999. The molecule has 2 aliphatic rings. The molecule has 0 saturated heterocycles. The molecule has 7 heteroatoms. The van der Waals surface area contributed by atoms with E-state index in [9.17, 15) is 4.79 Å². The fourth-order valence-corrected chi connectivity index (χ4v) is 5.57. The molecule has 2 aliphatic heterocycles. The Kier molecular flexibility index (Phi) is 3.92. The van der Waals surface area contributed by atoms with Crippen LogP contribution in [-0.4, -0.2) is 24.1 Å². The Hall–Kier alpha value is -2.02. The van der Waals surface area contributed by atoms with Crippen molar-refractivity contribution in [3.63, 3.8) is 0 Å². The van der Waals surface area contributed by atoms with E-state index >= 15 is 0 Å².